The lowest BCUT2D eigenvalue weighted by Gasteiger charge is -2.52. The van der Waals surface area contributed by atoms with Crippen molar-refractivity contribution in [2.75, 3.05) is 39.6 Å². The number of amides is 4. The van der Waals surface area contributed by atoms with Gasteiger partial charge in [0, 0.05) is 40.0 Å². The number of aliphatic carboxylic acids is 2. The van der Waals surface area contributed by atoms with E-state index in [9.17, 15) is 121 Å². The van der Waals surface area contributed by atoms with E-state index in [1.165, 1.54) is 89.5 Å². The van der Waals surface area contributed by atoms with Crippen LogP contribution in [0.4, 0.5) is 0 Å². The molecule has 0 aromatic carbocycles. The Bertz CT molecular complexity index is 2830. The molecule has 5 saturated heterocycles. The van der Waals surface area contributed by atoms with Gasteiger partial charge in [-0.15, -0.1) is 0 Å². The molecule has 662 valence electrons. The SMILES string of the molecule is CCCCCCCCCCCCCC=CC(O)C(COC1OC(CO)C(OC2OC(CO)C(OC3OC(CO)C(O)C(O)C3NC(C)=O)C(OC3(C(=O)O)CC(O)C(NC(C)=O)C(C(O)C(CO)OC4(C(=O)O)CC(O)C(NC(C)=O)C(C(O)C(O)CO)O4)O3)C2O)C(O)C1O)NC(=O)CCCCCCCCCCCCCCC. The van der Waals surface area contributed by atoms with E-state index in [2.05, 4.69) is 35.1 Å². The number of carbonyl (C=O) groups excluding carboxylic acids is 4. The Morgan fingerprint density at radius 2 is 0.912 bits per heavy atom. The van der Waals surface area contributed by atoms with Crippen molar-refractivity contribution in [1.29, 1.82) is 0 Å². The smallest absolute Gasteiger partial charge is 0.364 e. The molecule has 29 unspecified atom stereocenters. The first-order valence-corrected chi connectivity index (χ1v) is 40.7. The Kier molecular flexibility index (Phi) is 45.0. The van der Waals surface area contributed by atoms with Gasteiger partial charge in [-0.25, -0.2) is 9.59 Å². The maximum atomic E-state index is 14.2. The number of hydrogen-bond donors (Lipinski definition) is 22. The molecule has 5 aliphatic heterocycles. The van der Waals surface area contributed by atoms with Crippen LogP contribution >= 0.6 is 0 Å². The van der Waals surface area contributed by atoms with Crippen molar-refractivity contribution >= 4 is 35.6 Å². The van der Waals surface area contributed by atoms with Gasteiger partial charge in [-0.05, 0) is 19.3 Å². The lowest BCUT2D eigenvalue weighted by molar-refractivity contribution is -0.402. The summed E-state index contributed by atoms with van der Waals surface area (Å²) < 4.78 is 59.8. The largest absolute Gasteiger partial charge is 0.477 e. The fourth-order valence-electron chi connectivity index (χ4n) is 15.1. The quantitative estimate of drug-likeness (QED) is 0.0222. The van der Waals surface area contributed by atoms with E-state index in [4.69, 9.17) is 47.4 Å². The number of unbranched alkanes of at least 4 members (excludes halogenated alkanes) is 23. The molecular weight excluding hydrogens is 1510 g/mol. The van der Waals surface area contributed by atoms with Crippen molar-refractivity contribution in [2.45, 2.75) is 391 Å². The number of nitrogens with one attached hydrogen (secondary N) is 4. The van der Waals surface area contributed by atoms with Crippen LogP contribution in [0.1, 0.15) is 214 Å². The Hall–Kier alpha value is -4.48. The number of carboxylic acid groups (broad SMARTS) is 2. The van der Waals surface area contributed by atoms with Gasteiger partial charge < -0.3 is 161 Å². The Morgan fingerprint density at radius 3 is 1.39 bits per heavy atom. The summed E-state index contributed by atoms with van der Waals surface area (Å²) in [4.78, 5) is 79.0. The molecule has 114 heavy (non-hydrogen) atoms. The number of rotatable bonds is 54. The molecule has 5 heterocycles. The normalized spacial score (nSPS) is 33.7. The highest BCUT2D eigenvalue weighted by molar-refractivity contribution is 5.78. The number of carbonyl (C=O) groups is 6. The highest BCUT2D eigenvalue weighted by atomic mass is 16.8. The third-order valence-corrected chi connectivity index (χ3v) is 21.5. The van der Waals surface area contributed by atoms with Crippen LogP contribution in [0.2, 0.25) is 0 Å². The Balaban J connectivity index is 1.46. The fourth-order valence-corrected chi connectivity index (χ4v) is 15.1. The molecule has 22 N–H and O–H groups in total. The van der Waals surface area contributed by atoms with Crippen LogP contribution in [0.3, 0.4) is 0 Å². The number of hydrogen-bond acceptors (Lipinski definition) is 32. The highest BCUT2D eigenvalue weighted by Crippen LogP contribution is 2.42. The monoisotopic (exact) mass is 1650 g/mol. The lowest BCUT2D eigenvalue weighted by Crippen LogP contribution is -2.72. The molecule has 5 fully saturated rings. The number of carboxylic acids is 2. The lowest BCUT2D eigenvalue weighted by atomic mass is 9.87. The van der Waals surface area contributed by atoms with Crippen LogP contribution in [0, 0.1) is 0 Å². The van der Waals surface area contributed by atoms with Crippen molar-refractivity contribution < 1.29 is 168 Å². The highest BCUT2D eigenvalue weighted by Gasteiger charge is 2.64. The third kappa shape index (κ3) is 29.7. The van der Waals surface area contributed by atoms with Gasteiger partial charge in [0.1, 0.15) is 110 Å². The topological polar surface area (TPSA) is 607 Å². The first-order valence-electron chi connectivity index (χ1n) is 40.7. The van der Waals surface area contributed by atoms with Gasteiger partial charge in [-0.1, -0.05) is 167 Å². The maximum Gasteiger partial charge on any atom is 0.364 e. The number of aliphatic hydroxyl groups is 16. The molecule has 5 aliphatic rings. The average molecular weight is 1650 g/mol. The van der Waals surface area contributed by atoms with Crippen molar-refractivity contribution in [1.82, 2.24) is 21.3 Å². The molecule has 0 aliphatic carbocycles. The van der Waals surface area contributed by atoms with Crippen molar-refractivity contribution in [3.8, 4) is 0 Å². The molecule has 4 amide bonds. The average Bonchev–Trinajstić information content (AvgIpc) is 0.722. The van der Waals surface area contributed by atoms with Crippen LogP contribution in [0.5, 0.6) is 0 Å². The fraction of sp³-hybridized carbons (Fsp3) is 0.895. The van der Waals surface area contributed by atoms with Crippen LogP contribution in [0.15, 0.2) is 12.2 Å². The van der Waals surface area contributed by atoms with Crippen molar-refractivity contribution in [2.24, 2.45) is 0 Å². The van der Waals surface area contributed by atoms with Gasteiger partial charge in [-0.2, -0.15) is 0 Å². The molecule has 5 rings (SSSR count). The molecule has 0 radical (unpaired) electrons. The van der Waals surface area contributed by atoms with E-state index in [1.807, 2.05) is 0 Å². The van der Waals surface area contributed by atoms with Gasteiger partial charge >= 0.3 is 11.9 Å². The summed E-state index contributed by atoms with van der Waals surface area (Å²) in [6, 6.07) is -6.82. The van der Waals surface area contributed by atoms with Gasteiger partial charge in [0.15, 0.2) is 18.9 Å². The van der Waals surface area contributed by atoms with Gasteiger partial charge in [0.2, 0.25) is 23.6 Å². The van der Waals surface area contributed by atoms with Gasteiger partial charge in [0.05, 0.1) is 76.1 Å². The van der Waals surface area contributed by atoms with Crippen LogP contribution < -0.4 is 21.3 Å². The zero-order valence-electron chi connectivity index (χ0n) is 66.4. The van der Waals surface area contributed by atoms with E-state index >= 15 is 0 Å². The van der Waals surface area contributed by atoms with Gasteiger partial charge in [-0.3, -0.25) is 19.2 Å². The molecule has 0 aromatic rings. The predicted octanol–water partition coefficient (Wildman–Crippen LogP) is -2.47. The van der Waals surface area contributed by atoms with Crippen molar-refractivity contribution in [3.05, 3.63) is 12.2 Å². The summed E-state index contributed by atoms with van der Waals surface area (Å²) in [5, 5.41) is 213. The minimum Gasteiger partial charge on any atom is -0.477 e. The third-order valence-electron chi connectivity index (χ3n) is 21.5. The first kappa shape index (κ1) is 100. The molecule has 38 heteroatoms. The summed E-state index contributed by atoms with van der Waals surface area (Å²) in [7, 11) is 0. The molecule has 0 aromatic heterocycles. The molecule has 38 nitrogen and oxygen atoms in total. The minimum absolute atomic E-state index is 0.112. The molecular formula is C76H134N4O34. The molecule has 0 spiro atoms. The standard InChI is InChI=1S/C76H134N4O34/c1-6-8-10-12-14-16-18-20-22-24-26-28-30-32-46(89)45(80-54(93)33-31-29-27-25-23-21-19-17-15-13-11-9-7-2)41-105-71-63(99)62(98)65(52(39-84)107-71)109-72-64(100)69(66(53(40-85)108-72)110-70-57(79-44(5)88)61(97)59(95)50(37-82)106-70)114-76(74(103)104)35-48(91)56(78-43(4)87)68(113-76)60(96)51(38-83)111-75(73(101)102)34-47(90)55(77-42(3)86)67(112-75)58(94)49(92)36-81/h30,32,45-53,55-72,81-85,89-92,94-100H,6-29,31,33-41H2,1-5H3,(H,77,86)(H,78,87)(H,79,88)(H,80,93)(H,101,102)(H,103,104). The van der Waals surface area contributed by atoms with Crippen LogP contribution in [-0.4, -0.2) is 344 Å². The number of allylic oxidation sites excluding steroid dienone is 1. The predicted molar refractivity (Wildman–Crippen MR) is 398 cm³/mol. The second-order valence-corrected chi connectivity index (χ2v) is 30.7. The summed E-state index contributed by atoms with van der Waals surface area (Å²) in [5.41, 5.74) is 0. The Morgan fingerprint density at radius 1 is 0.474 bits per heavy atom. The van der Waals surface area contributed by atoms with Crippen LogP contribution in [-0.2, 0) is 76.1 Å². The zero-order chi connectivity index (χ0) is 84.4. The summed E-state index contributed by atoms with van der Waals surface area (Å²) >= 11 is 0. The Labute approximate surface area is 665 Å². The number of ether oxygens (including phenoxy) is 10. The molecule has 0 saturated carbocycles. The van der Waals surface area contributed by atoms with Crippen molar-refractivity contribution in [3.63, 3.8) is 0 Å². The molecule has 0 bridgehead atoms. The second kappa shape index (κ2) is 51.2. The summed E-state index contributed by atoms with van der Waals surface area (Å²) in [6.45, 7) is 0.498. The minimum atomic E-state index is -3.59. The first-order chi connectivity index (χ1) is 54.3. The van der Waals surface area contributed by atoms with E-state index in [0.29, 0.717) is 12.8 Å². The number of aliphatic hydroxyl groups excluding tert-OH is 16. The summed E-state index contributed by atoms with van der Waals surface area (Å²) in [6.07, 6.45) is -22.1. The molecule has 29 atom stereocenters. The van der Waals surface area contributed by atoms with Gasteiger partial charge in [0.25, 0.3) is 11.6 Å². The van der Waals surface area contributed by atoms with E-state index < -0.39 is 265 Å². The summed E-state index contributed by atoms with van der Waals surface area (Å²) in [5.74, 6) is -14.6. The zero-order valence-corrected chi connectivity index (χ0v) is 66.4. The van der Waals surface area contributed by atoms with E-state index in [0.717, 1.165) is 85.0 Å². The van der Waals surface area contributed by atoms with Crippen LogP contribution in [0.25, 0.3) is 0 Å². The van der Waals surface area contributed by atoms with E-state index in [-0.39, 0.29) is 6.42 Å². The maximum absolute atomic E-state index is 14.2. The second-order valence-electron chi connectivity index (χ2n) is 30.7. The van der Waals surface area contributed by atoms with E-state index in [1.54, 1.807) is 6.08 Å².